The van der Waals surface area contributed by atoms with Crippen molar-refractivity contribution in [3.05, 3.63) is 118 Å². The second-order valence-electron chi connectivity index (χ2n) is 9.17. The number of benzene rings is 4. The van der Waals surface area contributed by atoms with Gasteiger partial charge in [-0.15, -0.1) is 0 Å². The lowest BCUT2D eigenvalue weighted by Gasteiger charge is -2.12. The number of halogens is 4. The van der Waals surface area contributed by atoms with Gasteiger partial charge in [-0.05, 0) is 54.4 Å². The Hall–Kier alpha value is -5.09. The number of aromatic amines is 1. The van der Waals surface area contributed by atoms with Crippen LogP contribution in [-0.4, -0.2) is 29.7 Å². The van der Waals surface area contributed by atoms with Crippen LogP contribution in [0.1, 0.15) is 38.9 Å². The summed E-state index contributed by atoms with van der Waals surface area (Å²) in [6.45, 7) is 2.03. The summed E-state index contributed by atoms with van der Waals surface area (Å²) in [7, 11) is 0. The molecule has 0 radical (unpaired) electrons. The summed E-state index contributed by atoms with van der Waals surface area (Å²) in [5, 5.41) is 4.49. The first-order valence-electron chi connectivity index (χ1n) is 13.0. The van der Waals surface area contributed by atoms with Crippen molar-refractivity contribution in [2.24, 2.45) is 5.10 Å². The van der Waals surface area contributed by atoms with E-state index in [9.17, 15) is 22.8 Å². The summed E-state index contributed by atoms with van der Waals surface area (Å²) in [5.74, 6) is -1.00. The quantitative estimate of drug-likeness (QED) is 0.0814. The van der Waals surface area contributed by atoms with Crippen molar-refractivity contribution in [3.8, 4) is 22.6 Å². The number of nitrogens with one attached hydrogen (secondary N) is 2. The van der Waals surface area contributed by atoms with E-state index in [0.717, 1.165) is 6.07 Å². The lowest BCUT2D eigenvalue weighted by Crippen LogP contribution is -2.19. The number of amides is 1. The molecule has 0 aliphatic rings. The second-order valence-corrected chi connectivity index (χ2v) is 9.58. The Morgan fingerprint density at radius 1 is 0.953 bits per heavy atom. The number of carbonyl (C=O) groups excluding carboxylic acids is 2. The largest absolute Gasteiger partial charge is 0.490 e. The van der Waals surface area contributed by atoms with Crippen LogP contribution in [-0.2, 0) is 6.18 Å². The lowest BCUT2D eigenvalue weighted by atomic mass is 10.0. The van der Waals surface area contributed by atoms with Gasteiger partial charge in [0.25, 0.3) is 5.91 Å². The van der Waals surface area contributed by atoms with Crippen LogP contribution in [0.25, 0.3) is 22.0 Å². The number of fused-ring (bicyclic) bond motifs is 1. The van der Waals surface area contributed by atoms with E-state index in [4.69, 9.17) is 21.1 Å². The fraction of sp³-hybridized carbons (Fsp3) is 0.0938. The Morgan fingerprint density at radius 3 is 2.42 bits per heavy atom. The molecule has 0 saturated carbocycles. The molecule has 0 unspecified atom stereocenters. The minimum absolute atomic E-state index is 0.0770. The third-order valence-electron chi connectivity index (χ3n) is 6.37. The molecule has 5 rings (SSSR count). The summed E-state index contributed by atoms with van der Waals surface area (Å²) in [4.78, 5) is 28.5. The number of nitrogens with zero attached hydrogens (tertiary/aromatic N) is 1. The van der Waals surface area contributed by atoms with Crippen molar-refractivity contribution in [2.45, 2.75) is 13.1 Å². The van der Waals surface area contributed by atoms with E-state index in [1.54, 1.807) is 67.6 Å². The van der Waals surface area contributed by atoms with Gasteiger partial charge in [0.05, 0.1) is 34.5 Å². The molecule has 43 heavy (non-hydrogen) atoms. The van der Waals surface area contributed by atoms with Crippen LogP contribution in [0.4, 0.5) is 13.2 Å². The van der Waals surface area contributed by atoms with Gasteiger partial charge in [0, 0.05) is 10.9 Å². The molecule has 1 heterocycles. The number of rotatable bonds is 8. The normalized spacial score (nSPS) is 11.6. The Labute approximate surface area is 248 Å². The van der Waals surface area contributed by atoms with Crippen molar-refractivity contribution in [1.82, 2.24) is 10.4 Å². The zero-order valence-electron chi connectivity index (χ0n) is 22.5. The molecule has 0 saturated heterocycles. The van der Waals surface area contributed by atoms with Gasteiger partial charge in [-0.3, -0.25) is 4.79 Å². The van der Waals surface area contributed by atoms with Crippen molar-refractivity contribution < 1.29 is 32.2 Å². The van der Waals surface area contributed by atoms with Gasteiger partial charge in [-0.2, -0.15) is 18.3 Å². The van der Waals surface area contributed by atoms with Crippen molar-refractivity contribution >= 4 is 40.6 Å². The number of hydrogen-bond donors (Lipinski definition) is 2. The predicted octanol–water partition coefficient (Wildman–Crippen LogP) is 7.89. The first kappa shape index (κ1) is 29.4. The van der Waals surface area contributed by atoms with Crippen molar-refractivity contribution in [3.63, 3.8) is 0 Å². The number of para-hydroxylation sites is 1. The molecule has 7 nitrogen and oxygen atoms in total. The Morgan fingerprint density at radius 2 is 1.70 bits per heavy atom. The second kappa shape index (κ2) is 12.4. The maximum absolute atomic E-state index is 13.8. The Bertz CT molecular complexity index is 1840. The molecule has 5 aromatic rings. The Balaban J connectivity index is 1.41. The fourth-order valence-corrected chi connectivity index (χ4v) is 4.70. The molecular formula is C32H23ClF3N3O4. The van der Waals surface area contributed by atoms with E-state index in [2.05, 4.69) is 15.5 Å². The molecule has 1 aromatic heterocycles. The summed E-state index contributed by atoms with van der Waals surface area (Å²) >= 11 is 6.10. The Kier molecular flexibility index (Phi) is 8.49. The molecule has 11 heteroatoms. The van der Waals surface area contributed by atoms with Gasteiger partial charge in [-0.1, -0.05) is 66.2 Å². The van der Waals surface area contributed by atoms with Crippen LogP contribution in [0.5, 0.6) is 11.5 Å². The highest BCUT2D eigenvalue weighted by atomic mass is 35.5. The third-order valence-corrected chi connectivity index (χ3v) is 6.70. The zero-order chi connectivity index (χ0) is 30.6. The fourth-order valence-electron chi connectivity index (χ4n) is 4.49. The van der Waals surface area contributed by atoms with E-state index >= 15 is 0 Å². The highest BCUT2D eigenvalue weighted by molar-refractivity contribution is 6.33. The SMILES string of the molecule is CCOc1cc(C=NNC(=O)c2[nH]c3c(C(F)(F)F)cccc3c2-c2ccccc2)ccc1OC(=O)c1ccccc1Cl. The maximum Gasteiger partial charge on any atom is 0.418 e. The molecule has 218 valence electrons. The van der Waals surface area contributed by atoms with Gasteiger partial charge in [0.1, 0.15) is 5.69 Å². The van der Waals surface area contributed by atoms with Gasteiger partial charge in [0.2, 0.25) is 0 Å². The number of esters is 1. The van der Waals surface area contributed by atoms with Gasteiger partial charge < -0.3 is 14.5 Å². The molecule has 2 N–H and O–H groups in total. The third kappa shape index (κ3) is 6.39. The minimum Gasteiger partial charge on any atom is -0.490 e. The van der Waals surface area contributed by atoms with Gasteiger partial charge in [0.15, 0.2) is 11.5 Å². The van der Waals surface area contributed by atoms with Crippen molar-refractivity contribution in [1.29, 1.82) is 0 Å². The number of carbonyl (C=O) groups is 2. The maximum atomic E-state index is 13.8. The summed E-state index contributed by atoms with van der Waals surface area (Å²) < 4.78 is 52.4. The highest BCUT2D eigenvalue weighted by Gasteiger charge is 2.34. The lowest BCUT2D eigenvalue weighted by molar-refractivity contribution is -0.136. The van der Waals surface area contributed by atoms with E-state index in [0.29, 0.717) is 16.7 Å². The average Bonchev–Trinajstić information content (AvgIpc) is 3.38. The summed E-state index contributed by atoms with van der Waals surface area (Å²) in [6, 6.07) is 23.5. The molecule has 0 bridgehead atoms. The van der Waals surface area contributed by atoms with Crippen LogP contribution >= 0.6 is 11.6 Å². The first-order chi connectivity index (χ1) is 20.7. The first-order valence-corrected chi connectivity index (χ1v) is 13.4. The average molecular weight is 606 g/mol. The number of H-pyrrole nitrogens is 1. The van der Waals surface area contributed by atoms with Crippen LogP contribution < -0.4 is 14.9 Å². The standard InChI is InChI=1S/C32H23ClF3N3O4/c1-2-42-26-17-19(15-16-25(26)43-31(41)21-11-6-7-14-24(21)33)18-37-39-30(40)29-27(20-9-4-3-5-10-20)22-12-8-13-23(28(22)38-29)32(34,35)36/h3-18,38H,2H2,1H3,(H,39,40). The molecule has 1 amide bonds. The molecule has 0 aliphatic heterocycles. The monoisotopic (exact) mass is 605 g/mol. The molecule has 0 fully saturated rings. The number of ether oxygens (including phenoxy) is 2. The topological polar surface area (TPSA) is 92.8 Å². The zero-order valence-corrected chi connectivity index (χ0v) is 23.3. The van der Waals surface area contributed by atoms with Crippen LogP contribution in [0.3, 0.4) is 0 Å². The van der Waals surface area contributed by atoms with Gasteiger partial charge in [-0.25, -0.2) is 10.2 Å². The van der Waals surface area contributed by atoms with Crippen LogP contribution in [0.15, 0.2) is 96.1 Å². The number of alkyl halides is 3. The molecular weight excluding hydrogens is 583 g/mol. The number of hydrazone groups is 1. The van der Waals surface area contributed by atoms with E-state index in [1.807, 2.05) is 0 Å². The number of hydrogen-bond acceptors (Lipinski definition) is 5. The van der Waals surface area contributed by atoms with Crippen LogP contribution in [0.2, 0.25) is 5.02 Å². The summed E-state index contributed by atoms with van der Waals surface area (Å²) in [6.07, 6.45) is -3.30. The minimum atomic E-state index is -4.63. The van der Waals surface area contributed by atoms with E-state index < -0.39 is 23.6 Å². The highest BCUT2D eigenvalue weighted by Crippen LogP contribution is 2.39. The van der Waals surface area contributed by atoms with E-state index in [-0.39, 0.29) is 45.3 Å². The molecule has 0 spiro atoms. The molecule has 0 atom stereocenters. The summed E-state index contributed by atoms with van der Waals surface area (Å²) in [5.41, 5.74) is 2.77. The molecule has 0 aliphatic carbocycles. The van der Waals surface area contributed by atoms with Crippen molar-refractivity contribution in [2.75, 3.05) is 6.61 Å². The van der Waals surface area contributed by atoms with Crippen LogP contribution in [0, 0.1) is 0 Å². The van der Waals surface area contributed by atoms with E-state index in [1.165, 1.54) is 30.5 Å². The van der Waals surface area contributed by atoms with Gasteiger partial charge >= 0.3 is 12.1 Å². The molecule has 4 aromatic carbocycles. The smallest absolute Gasteiger partial charge is 0.418 e. The number of aromatic nitrogens is 1. The predicted molar refractivity (Wildman–Crippen MR) is 158 cm³/mol.